The van der Waals surface area contributed by atoms with E-state index in [1.807, 2.05) is 29.5 Å². The first-order chi connectivity index (χ1) is 12.7. The molecule has 3 aromatic rings. The molecule has 0 saturated heterocycles. The van der Waals surface area contributed by atoms with E-state index < -0.39 is 0 Å². The monoisotopic (exact) mass is 369 g/mol. The Bertz CT molecular complexity index is 938. The van der Waals surface area contributed by atoms with E-state index in [4.69, 9.17) is 9.47 Å². The van der Waals surface area contributed by atoms with Gasteiger partial charge in [0.25, 0.3) is 0 Å². The predicted octanol–water partition coefficient (Wildman–Crippen LogP) is 4.45. The lowest BCUT2D eigenvalue weighted by Gasteiger charge is -2.18. The maximum atomic E-state index is 5.39. The summed E-state index contributed by atoms with van der Waals surface area (Å²) in [5.74, 6) is 3.16. The number of fused-ring (bicyclic) bond motifs is 3. The van der Waals surface area contributed by atoms with Crippen molar-refractivity contribution in [1.82, 2.24) is 9.97 Å². The minimum atomic E-state index is 0.674. The topological polar surface area (TPSA) is 56.3 Å². The molecule has 1 atom stereocenters. The first-order valence-electron chi connectivity index (χ1n) is 8.89. The van der Waals surface area contributed by atoms with Crippen molar-refractivity contribution in [3.05, 3.63) is 40.5 Å². The molecule has 6 heteroatoms. The summed E-state index contributed by atoms with van der Waals surface area (Å²) in [5.41, 5.74) is 2.56. The van der Waals surface area contributed by atoms with Crippen molar-refractivity contribution in [2.24, 2.45) is 5.92 Å². The van der Waals surface area contributed by atoms with Gasteiger partial charge in [0.15, 0.2) is 11.5 Å². The Morgan fingerprint density at radius 2 is 2.04 bits per heavy atom. The van der Waals surface area contributed by atoms with Crippen molar-refractivity contribution in [3.63, 3.8) is 0 Å². The molecular formula is C20H23N3O2S. The number of hydrogen-bond donors (Lipinski definition) is 1. The number of hydrogen-bond acceptors (Lipinski definition) is 6. The van der Waals surface area contributed by atoms with Crippen LogP contribution < -0.4 is 14.8 Å². The predicted molar refractivity (Wildman–Crippen MR) is 105 cm³/mol. The number of anilines is 1. The van der Waals surface area contributed by atoms with Crippen LogP contribution in [0.15, 0.2) is 24.5 Å². The molecule has 0 fully saturated rings. The molecule has 2 aromatic heterocycles. The van der Waals surface area contributed by atoms with Gasteiger partial charge < -0.3 is 14.8 Å². The molecule has 0 spiro atoms. The molecule has 0 saturated carbocycles. The van der Waals surface area contributed by atoms with Gasteiger partial charge in [-0.15, -0.1) is 11.3 Å². The number of thiophene rings is 1. The van der Waals surface area contributed by atoms with Gasteiger partial charge in [-0.1, -0.05) is 13.0 Å². The van der Waals surface area contributed by atoms with E-state index in [0.717, 1.165) is 46.5 Å². The van der Waals surface area contributed by atoms with Crippen molar-refractivity contribution in [2.75, 3.05) is 19.5 Å². The molecule has 1 unspecified atom stereocenters. The Hall–Kier alpha value is -2.34. The Labute approximate surface area is 157 Å². The number of aryl methyl sites for hydroxylation is 1. The number of benzene rings is 1. The minimum absolute atomic E-state index is 0.674. The molecule has 1 aromatic carbocycles. The average Bonchev–Trinajstić information content (AvgIpc) is 3.03. The molecule has 4 rings (SSSR count). The lowest BCUT2D eigenvalue weighted by molar-refractivity contribution is 0.354. The van der Waals surface area contributed by atoms with E-state index in [9.17, 15) is 0 Å². The standard InChI is InChI=1S/C20H23N3O2S/c1-12-4-6-14-17(8-12)26-20-18(14)19(22-11-23-20)21-10-13-5-7-15(24-2)16(9-13)25-3/h5,7,9,11-12H,4,6,8,10H2,1-3H3,(H,21,22,23). The highest BCUT2D eigenvalue weighted by Crippen LogP contribution is 2.39. The summed E-state index contributed by atoms with van der Waals surface area (Å²) >= 11 is 1.82. The molecule has 1 N–H and O–H groups in total. The molecule has 1 aliphatic carbocycles. The Morgan fingerprint density at radius 1 is 1.19 bits per heavy atom. The van der Waals surface area contributed by atoms with Crippen LogP contribution in [-0.2, 0) is 19.4 Å². The van der Waals surface area contributed by atoms with E-state index in [-0.39, 0.29) is 0 Å². The smallest absolute Gasteiger partial charge is 0.161 e. The number of nitrogens with one attached hydrogen (secondary N) is 1. The summed E-state index contributed by atoms with van der Waals surface area (Å²) < 4.78 is 10.7. The second kappa shape index (κ2) is 7.11. The Kier molecular flexibility index (Phi) is 4.68. The quantitative estimate of drug-likeness (QED) is 0.720. The summed E-state index contributed by atoms with van der Waals surface area (Å²) in [5, 5.41) is 4.71. The van der Waals surface area contributed by atoms with Crippen molar-refractivity contribution >= 4 is 27.4 Å². The van der Waals surface area contributed by atoms with Crippen LogP contribution >= 0.6 is 11.3 Å². The molecule has 1 aliphatic rings. The van der Waals surface area contributed by atoms with Gasteiger partial charge in [0.2, 0.25) is 0 Å². The highest BCUT2D eigenvalue weighted by molar-refractivity contribution is 7.19. The van der Waals surface area contributed by atoms with Gasteiger partial charge in [0.05, 0.1) is 19.6 Å². The van der Waals surface area contributed by atoms with Crippen LogP contribution in [0.1, 0.15) is 29.3 Å². The average molecular weight is 369 g/mol. The highest BCUT2D eigenvalue weighted by Gasteiger charge is 2.23. The van der Waals surface area contributed by atoms with E-state index in [1.165, 1.54) is 22.2 Å². The molecule has 0 bridgehead atoms. The van der Waals surface area contributed by atoms with Gasteiger partial charge in [-0.05, 0) is 48.4 Å². The molecule has 136 valence electrons. The van der Waals surface area contributed by atoms with Crippen LogP contribution in [0.4, 0.5) is 5.82 Å². The van der Waals surface area contributed by atoms with Crippen LogP contribution in [0, 0.1) is 5.92 Å². The zero-order valence-corrected chi connectivity index (χ0v) is 16.2. The zero-order chi connectivity index (χ0) is 18.1. The van der Waals surface area contributed by atoms with Crippen molar-refractivity contribution in [1.29, 1.82) is 0 Å². The molecule has 0 aliphatic heterocycles. The summed E-state index contributed by atoms with van der Waals surface area (Å²) in [6, 6.07) is 5.96. The molecule has 26 heavy (non-hydrogen) atoms. The lowest BCUT2D eigenvalue weighted by atomic mass is 9.89. The number of nitrogens with zero attached hydrogens (tertiary/aromatic N) is 2. The fourth-order valence-corrected chi connectivity index (χ4v) is 4.94. The molecule has 5 nitrogen and oxygen atoms in total. The van der Waals surface area contributed by atoms with E-state index in [0.29, 0.717) is 6.54 Å². The Morgan fingerprint density at radius 3 is 2.85 bits per heavy atom. The molecule has 0 amide bonds. The number of methoxy groups -OCH3 is 2. The maximum Gasteiger partial charge on any atom is 0.161 e. The van der Waals surface area contributed by atoms with Gasteiger partial charge in [0, 0.05) is 11.4 Å². The van der Waals surface area contributed by atoms with Gasteiger partial charge >= 0.3 is 0 Å². The SMILES string of the molecule is COc1ccc(CNc2ncnc3sc4c(c23)CCC(C)C4)cc1OC. The van der Waals surface area contributed by atoms with Crippen LogP contribution in [0.5, 0.6) is 11.5 Å². The third kappa shape index (κ3) is 3.09. The Balaban J connectivity index is 1.62. The van der Waals surface area contributed by atoms with Gasteiger partial charge in [-0.3, -0.25) is 0 Å². The second-order valence-electron chi connectivity index (χ2n) is 6.80. The van der Waals surface area contributed by atoms with Crippen LogP contribution in [-0.4, -0.2) is 24.2 Å². The van der Waals surface area contributed by atoms with E-state index in [1.54, 1.807) is 20.5 Å². The number of ether oxygens (including phenoxy) is 2. The van der Waals surface area contributed by atoms with Crippen LogP contribution in [0.3, 0.4) is 0 Å². The first-order valence-corrected chi connectivity index (χ1v) is 9.71. The summed E-state index contributed by atoms with van der Waals surface area (Å²) in [4.78, 5) is 11.6. The van der Waals surface area contributed by atoms with Gasteiger partial charge in [-0.25, -0.2) is 9.97 Å². The van der Waals surface area contributed by atoms with Crippen molar-refractivity contribution in [3.8, 4) is 11.5 Å². The van der Waals surface area contributed by atoms with Gasteiger partial charge in [0.1, 0.15) is 17.0 Å². The fraction of sp³-hybridized carbons (Fsp3) is 0.400. The highest BCUT2D eigenvalue weighted by atomic mass is 32.1. The van der Waals surface area contributed by atoms with Gasteiger partial charge in [-0.2, -0.15) is 0 Å². The summed E-state index contributed by atoms with van der Waals surface area (Å²) in [6.45, 7) is 3.00. The largest absolute Gasteiger partial charge is 0.493 e. The van der Waals surface area contributed by atoms with E-state index >= 15 is 0 Å². The maximum absolute atomic E-state index is 5.39. The minimum Gasteiger partial charge on any atom is -0.493 e. The van der Waals surface area contributed by atoms with Crippen LogP contribution in [0.2, 0.25) is 0 Å². The van der Waals surface area contributed by atoms with Crippen molar-refractivity contribution < 1.29 is 9.47 Å². The lowest BCUT2D eigenvalue weighted by Crippen LogP contribution is -2.09. The third-order valence-electron chi connectivity index (χ3n) is 5.00. The zero-order valence-electron chi connectivity index (χ0n) is 15.3. The fourth-order valence-electron chi connectivity index (χ4n) is 3.59. The van der Waals surface area contributed by atoms with Crippen molar-refractivity contribution in [2.45, 2.75) is 32.7 Å². The first kappa shape index (κ1) is 17.1. The molecular weight excluding hydrogens is 346 g/mol. The summed E-state index contributed by atoms with van der Waals surface area (Å²) in [7, 11) is 3.30. The molecule has 0 radical (unpaired) electrons. The second-order valence-corrected chi connectivity index (χ2v) is 7.88. The molecule has 2 heterocycles. The number of aromatic nitrogens is 2. The van der Waals surface area contributed by atoms with E-state index in [2.05, 4.69) is 22.2 Å². The normalized spacial score (nSPS) is 16.3. The van der Waals surface area contributed by atoms with Crippen LogP contribution in [0.25, 0.3) is 10.2 Å². The number of rotatable bonds is 5. The summed E-state index contributed by atoms with van der Waals surface area (Å²) in [6.07, 6.45) is 5.17. The third-order valence-corrected chi connectivity index (χ3v) is 6.16.